The predicted octanol–water partition coefficient (Wildman–Crippen LogP) is 3.32. The van der Waals surface area contributed by atoms with Crippen LogP contribution in [0.25, 0.3) is 11.0 Å². The van der Waals surface area contributed by atoms with Gasteiger partial charge in [0.15, 0.2) is 0 Å². The van der Waals surface area contributed by atoms with Crippen LogP contribution in [0.4, 0.5) is 0 Å². The molecule has 29 heavy (non-hydrogen) atoms. The van der Waals surface area contributed by atoms with Crippen molar-refractivity contribution in [2.75, 3.05) is 13.1 Å². The maximum absolute atomic E-state index is 13.1. The molecule has 0 aliphatic carbocycles. The van der Waals surface area contributed by atoms with E-state index in [-0.39, 0.29) is 5.91 Å². The average molecular weight is 409 g/mol. The van der Waals surface area contributed by atoms with Gasteiger partial charge in [0.05, 0.1) is 6.26 Å². The molecular weight excluding hydrogens is 380 g/mol. The molecule has 6 heteroatoms. The summed E-state index contributed by atoms with van der Waals surface area (Å²) in [5.74, 6) is 0.514. The summed E-state index contributed by atoms with van der Waals surface area (Å²) in [5.41, 5.74) is 9.61. The molecule has 0 unspecified atom stereocenters. The van der Waals surface area contributed by atoms with Crippen molar-refractivity contribution >= 4 is 30.4 Å². The summed E-state index contributed by atoms with van der Waals surface area (Å²) in [6.45, 7) is 5.75. The monoisotopic (exact) mass is 408 g/mol. The highest BCUT2D eigenvalue weighted by Crippen LogP contribution is 2.29. The van der Waals surface area contributed by atoms with Crippen molar-refractivity contribution in [1.29, 1.82) is 0 Å². The van der Waals surface area contributed by atoms with E-state index in [0.717, 1.165) is 42.1 Å². The smallest absolute Gasteiger partial charge is 0.253 e. The molecule has 5 nitrogen and oxygen atoms in total. The van der Waals surface area contributed by atoms with E-state index in [2.05, 4.69) is 24.3 Å². The van der Waals surface area contributed by atoms with Gasteiger partial charge in [0.1, 0.15) is 5.58 Å². The highest BCUT2D eigenvalue weighted by atomic mass is 28.4. The third-order valence-electron chi connectivity index (χ3n) is 5.92. The van der Waals surface area contributed by atoms with E-state index in [4.69, 9.17) is 10.2 Å². The van der Waals surface area contributed by atoms with Crippen LogP contribution in [0.3, 0.4) is 0 Å². The van der Waals surface area contributed by atoms with E-state index in [1.54, 1.807) is 6.26 Å². The van der Waals surface area contributed by atoms with Gasteiger partial charge in [-0.2, -0.15) is 0 Å². The summed E-state index contributed by atoms with van der Waals surface area (Å²) < 4.78 is 5.58. The zero-order valence-electron chi connectivity index (χ0n) is 17.0. The fourth-order valence-corrected chi connectivity index (χ4v) is 5.41. The number of carbonyl (C=O) groups excluding carboxylic acids is 1. The Kier molecular flexibility index (Phi) is 5.33. The summed E-state index contributed by atoms with van der Waals surface area (Å²) in [6.07, 6.45) is 3.54. The number of nitrogens with two attached hydrogens (primary N) is 1. The first-order valence-corrected chi connectivity index (χ1v) is 13.1. The zero-order chi connectivity index (χ0) is 20.6. The minimum atomic E-state index is -2.52. The van der Waals surface area contributed by atoms with Crippen LogP contribution in [0.2, 0.25) is 13.1 Å². The molecule has 1 amide bonds. The van der Waals surface area contributed by atoms with Gasteiger partial charge in [0.2, 0.25) is 8.32 Å². The lowest BCUT2D eigenvalue weighted by molar-refractivity contribution is 0.0713. The van der Waals surface area contributed by atoms with Crippen LogP contribution >= 0.6 is 0 Å². The van der Waals surface area contributed by atoms with Crippen molar-refractivity contribution in [3.05, 3.63) is 65.4 Å². The second-order valence-electron chi connectivity index (χ2n) is 8.43. The number of benzene rings is 2. The van der Waals surface area contributed by atoms with Gasteiger partial charge in [-0.3, -0.25) is 4.79 Å². The molecule has 0 bridgehead atoms. The standard InChI is InChI=1S/C23H28N2O3Si/c1-29(2,27)22-15-28-21-7-6-19(13-20(21)22)23(26)25-10-8-17(9-11-25)18-5-3-4-16(12-18)14-24/h3-7,12-13,15,17,27H,8-11,14,24H2,1-2H3. The molecular formula is C23H28N2O3Si. The summed E-state index contributed by atoms with van der Waals surface area (Å²) in [6, 6.07) is 14.0. The number of likely N-dealkylation sites (tertiary alicyclic amines) is 1. The molecule has 1 aliphatic heterocycles. The van der Waals surface area contributed by atoms with Crippen LogP contribution in [0.15, 0.2) is 53.1 Å². The van der Waals surface area contributed by atoms with Crippen LogP contribution in [0.1, 0.15) is 40.2 Å². The SMILES string of the molecule is C[Si](C)(O)c1coc2ccc(C(=O)N3CCC(c4cccc(CN)c4)CC3)cc12. The predicted molar refractivity (Wildman–Crippen MR) is 118 cm³/mol. The molecule has 0 atom stereocenters. The van der Waals surface area contributed by atoms with Gasteiger partial charge >= 0.3 is 0 Å². The molecule has 0 spiro atoms. The Morgan fingerprint density at radius 1 is 1.21 bits per heavy atom. The van der Waals surface area contributed by atoms with Gasteiger partial charge in [0, 0.05) is 35.8 Å². The lowest BCUT2D eigenvalue weighted by atomic mass is 9.88. The largest absolute Gasteiger partial charge is 0.464 e. The first-order chi connectivity index (χ1) is 13.9. The summed E-state index contributed by atoms with van der Waals surface area (Å²) in [4.78, 5) is 25.5. The Balaban J connectivity index is 1.49. The minimum absolute atomic E-state index is 0.0469. The average Bonchev–Trinajstić information content (AvgIpc) is 3.17. The van der Waals surface area contributed by atoms with Crippen molar-refractivity contribution in [2.45, 2.75) is 38.4 Å². The summed E-state index contributed by atoms with van der Waals surface area (Å²) >= 11 is 0. The number of rotatable bonds is 4. The molecule has 2 heterocycles. The zero-order valence-corrected chi connectivity index (χ0v) is 18.0. The van der Waals surface area contributed by atoms with E-state index in [1.165, 1.54) is 5.56 Å². The van der Waals surface area contributed by atoms with Gasteiger partial charge in [-0.25, -0.2) is 0 Å². The number of nitrogens with zero attached hydrogens (tertiary/aromatic N) is 1. The van der Waals surface area contributed by atoms with Crippen molar-refractivity contribution < 1.29 is 14.0 Å². The Hall–Kier alpha value is -2.41. The van der Waals surface area contributed by atoms with Gasteiger partial charge in [-0.05, 0) is 61.2 Å². The minimum Gasteiger partial charge on any atom is -0.464 e. The second kappa shape index (κ2) is 7.78. The molecule has 1 saturated heterocycles. The molecule has 0 radical (unpaired) electrons. The normalized spacial score (nSPS) is 15.8. The second-order valence-corrected chi connectivity index (χ2v) is 12.1. The van der Waals surface area contributed by atoms with E-state index < -0.39 is 8.32 Å². The maximum Gasteiger partial charge on any atom is 0.253 e. The lowest BCUT2D eigenvalue weighted by Crippen LogP contribution is -2.41. The summed E-state index contributed by atoms with van der Waals surface area (Å²) in [5, 5.41) is 1.68. The Labute approximate surface area is 172 Å². The molecule has 1 aliphatic rings. The van der Waals surface area contributed by atoms with Crippen molar-refractivity contribution in [3.8, 4) is 0 Å². The topological polar surface area (TPSA) is 79.7 Å². The lowest BCUT2D eigenvalue weighted by Gasteiger charge is -2.32. The molecule has 3 aromatic rings. The number of carbonyl (C=O) groups is 1. The molecule has 152 valence electrons. The number of fused-ring (bicyclic) bond motifs is 1. The van der Waals surface area contributed by atoms with Gasteiger partial charge in [-0.1, -0.05) is 24.3 Å². The molecule has 2 aromatic carbocycles. The molecule has 1 fully saturated rings. The Morgan fingerprint density at radius 2 is 1.97 bits per heavy atom. The number of amides is 1. The Morgan fingerprint density at radius 3 is 2.66 bits per heavy atom. The van der Waals surface area contributed by atoms with Crippen LogP contribution in [0.5, 0.6) is 0 Å². The van der Waals surface area contributed by atoms with Gasteiger partial charge < -0.3 is 19.8 Å². The Bertz CT molecular complexity index is 1030. The van der Waals surface area contributed by atoms with Crippen LogP contribution in [0, 0.1) is 0 Å². The third kappa shape index (κ3) is 4.01. The van der Waals surface area contributed by atoms with Crippen molar-refractivity contribution in [2.24, 2.45) is 5.73 Å². The van der Waals surface area contributed by atoms with E-state index in [9.17, 15) is 9.59 Å². The fraction of sp³-hybridized carbons (Fsp3) is 0.348. The summed E-state index contributed by atoms with van der Waals surface area (Å²) in [7, 11) is -2.52. The number of hydrogen-bond acceptors (Lipinski definition) is 4. The van der Waals surface area contributed by atoms with Gasteiger partial charge in [0.25, 0.3) is 5.91 Å². The highest BCUT2D eigenvalue weighted by Gasteiger charge is 2.28. The maximum atomic E-state index is 13.1. The quantitative estimate of drug-likeness (QED) is 0.649. The molecule has 1 aromatic heterocycles. The first-order valence-electron chi connectivity index (χ1n) is 10.2. The van der Waals surface area contributed by atoms with E-state index in [0.29, 0.717) is 23.6 Å². The van der Waals surface area contributed by atoms with E-state index in [1.807, 2.05) is 36.2 Å². The molecule has 3 N–H and O–H groups in total. The van der Waals surface area contributed by atoms with Crippen molar-refractivity contribution in [3.63, 3.8) is 0 Å². The third-order valence-corrected chi connectivity index (χ3v) is 7.63. The van der Waals surface area contributed by atoms with Crippen LogP contribution in [-0.4, -0.2) is 37.0 Å². The number of hydrogen-bond donors (Lipinski definition) is 2. The first kappa shape index (κ1) is 19.9. The highest BCUT2D eigenvalue weighted by molar-refractivity contribution is 6.85. The van der Waals surface area contributed by atoms with Gasteiger partial charge in [-0.15, -0.1) is 0 Å². The molecule has 4 rings (SSSR count). The van der Waals surface area contributed by atoms with Crippen molar-refractivity contribution in [1.82, 2.24) is 4.90 Å². The number of furan rings is 1. The fourth-order valence-electron chi connectivity index (χ4n) is 4.21. The van der Waals surface area contributed by atoms with Crippen LogP contribution < -0.4 is 10.9 Å². The van der Waals surface area contributed by atoms with E-state index >= 15 is 0 Å². The number of piperidine rings is 1. The molecule has 0 saturated carbocycles. The van der Waals surface area contributed by atoms with Crippen LogP contribution in [-0.2, 0) is 6.54 Å².